The van der Waals surface area contributed by atoms with E-state index in [-0.39, 0.29) is 0 Å². The van der Waals surface area contributed by atoms with Crippen LogP contribution in [0.15, 0.2) is 41.3 Å². The standard InChI is InChI=1S/C15H16BrN3O2/c1-15(2,3)21-14(20)19-13-12(8-17-9-18-13)10-4-6-11(16)7-5-10/h4-9H,1-3H3,(H,17,18,19,20). The number of carbonyl (C=O) groups excluding carboxylic acids is 1. The predicted octanol–water partition coefficient (Wildman–Crippen LogP) is 4.25. The summed E-state index contributed by atoms with van der Waals surface area (Å²) in [5.74, 6) is 0.418. The van der Waals surface area contributed by atoms with E-state index in [4.69, 9.17) is 4.74 Å². The van der Waals surface area contributed by atoms with E-state index in [2.05, 4.69) is 31.2 Å². The molecule has 1 heterocycles. The fourth-order valence-corrected chi connectivity index (χ4v) is 1.93. The van der Waals surface area contributed by atoms with Crippen LogP contribution in [0.4, 0.5) is 10.6 Å². The first-order chi connectivity index (χ1) is 9.85. The summed E-state index contributed by atoms with van der Waals surface area (Å²) in [4.78, 5) is 20.0. The second kappa shape index (κ2) is 6.22. The van der Waals surface area contributed by atoms with E-state index in [1.54, 1.807) is 6.20 Å². The number of hydrogen-bond donors (Lipinski definition) is 1. The van der Waals surface area contributed by atoms with Gasteiger partial charge in [-0.25, -0.2) is 14.8 Å². The highest BCUT2D eigenvalue weighted by molar-refractivity contribution is 9.10. The summed E-state index contributed by atoms with van der Waals surface area (Å²) in [7, 11) is 0. The molecule has 6 heteroatoms. The van der Waals surface area contributed by atoms with E-state index in [0.29, 0.717) is 5.82 Å². The zero-order chi connectivity index (χ0) is 15.5. The second-order valence-electron chi connectivity index (χ2n) is 5.42. The van der Waals surface area contributed by atoms with Crippen LogP contribution in [0, 0.1) is 0 Å². The minimum absolute atomic E-state index is 0.418. The van der Waals surface area contributed by atoms with Crippen molar-refractivity contribution < 1.29 is 9.53 Å². The van der Waals surface area contributed by atoms with Crippen molar-refractivity contribution in [3.8, 4) is 11.1 Å². The molecule has 0 spiro atoms. The molecule has 5 nitrogen and oxygen atoms in total. The number of hydrogen-bond acceptors (Lipinski definition) is 4. The molecule has 1 aromatic heterocycles. The highest BCUT2D eigenvalue weighted by Crippen LogP contribution is 2.26. The Kier molecular flexibility index (Phi) is 4.57. The van der Waals surface area contributed by atoms with Gasteiger partial charge in [0.05, 0.1) is 0 Å². The van der Waals surface area contributed by atoms with Gasteiger partial charge in [0.2, 0.25) is 0 Å². The highest BCUT2D eigenvalue weighted by Gasteiger charge is 2.18. The third-order valence-corrected chi connectivity index (χ3v) is 3.02. The van der Waals surface area contributed by atoms with Gasteiger partial charge in [-0.3, -0.25) is 5.32 Å². The molecule has 0 fully saturated rings. The summed E-state index contributed by atoms with van der Waals surface area (Å²) in [5.41, 5.74) is 1.08. The second-order valence-corrected chi connectivity index (χ2v) is 6.33. The molecule has 0 saturated heterocycles. The van der Waals surface area contributed by atoms with E-state index >= 15 is 0 Å². The average molecular weight is 350 g/mol. The zero-order valence-electron chi connectivity index (χ0n) is 12.1. The molecule has 1 amide bonds. The fourth-order valence-electron chi connectivity index (χ4n) is 1.67. The van der Waals surface area contributed by atoms with Crippen LogP contribution in [0.2, 0.25) is 0 Å². The summed E-state index contributed by atoms with van der Waals surface area (Å²) in [6.45, 7) is 5.42. The number of nitrogens with one attached hydrogen (secondary N) is 1. The Morgan fingerprint density at radius 2 is 1.90 bits per heavy atom. The number of ether oxygens (including phenoxy) is 1. The van der Waals surface area contributed by atoms with Gasteiger partial charge in [0.15, 0.2) is 0 Å². The number of halogens is 1. The predicted molar refractivity (Wildman–Crippen MR) is 85.0 cm³/mol. The van der Waals surface area contributed by atoms with Crippen LogP contribution in [-0.2, 0) is 4.74 Å². The lowest BCUT2D eigenvalue weighted by Gasteiger charge is -2.20. The molecule has 0 radical (unpaired) electrons. The van der Waals surface area contributed by atoms with Crippen LogP contribution >= 0.6 is 15.9 Å². The van der Waals surface area contributed by atoms with E-state index in [1.807, 2.05) is 45.0 Å². The molecule has 0 aliphatic rings. The summed E-state index contributed by atoms with van der Waals surface area (Å²) in [5, 5.41) is 2.66. The number of aromatic nitrogens is 2. The number of anilines is 1. The Morgan fingerprint density at radius 1 is 1.24 bits per heavy atom. The smallest absolute Gasteiger partial charge is 0.413 e. The SMILES string of the molecule is CC(C)(C)OC(=O)Nc1ncncc1-c1ccc(Br)cc1. The number of amides is 1. The Labute approximate surface area is 131 Å². The van der Waals surface area contributed by atoms with Crippen LogP contribution in [0.1, 0.15) is 20.8 Å². The van der Waals surface area contributed by atoms with Gasteiger partial charge < -0.3 is 4.74 Å². The molecule has 0 saturated carbocycles. The molecular weight excluding hydrogens is 334 g/mol. The van der Waals surface area contributed by atoms with E-state index in [9.17, 15) is 4.79 Å². The topological polar surface area (TPSA) is 64.1 Å². The van der Waals surface area contributed by atoms with Gasteiger partial charge in [-0.1, -0.05) is 28.1 Å². The van der Waals surface area contributed by atoms with Crippen molar-refractivity contribution in [1.29, 1.82) is 0 Å². The maximum Gasteiger partial charge on any atom is 0.413 e. The van der Waals surface area contributed by atoms with E-state index in [0.717, 1.165) is 15.6 Å². The summed E-state index contributed by atoms with van der Waals surface area (Å²) in [6.07, 6.45) is 2.50. The molecule has 0 atom stereocenters. The number of carbonyl (C=O) groups is 1. The Hall–Kier alpha value is -1.95. The van der Waals surface area contributed by atoms with Gasteiger partial charge in [-0.2, -0.15) is 0 Å². The average Bonchev–Trinajstić information content (AvgIpc) is 2.38. The third-order valence-electron chi connectivity index (χ3n) is 2.49. The van der Waals surface area contributed by atoms with Gasteiger partial charge in [0.1, 0.15) is 17.7 Å². The lowest BCUT2D eigenvalue weighted by Crippen LogP contribution is -2.27. The molecule has 0 aliphatic heterocycles. The number of nitrogens with zero attached hydrogens (tertiary/aromatic N) is 2. The minimum atomic E-state index is -0.561. The van der Waals surface area contributed by atoms with Crippen molar-refractivity contribution in [2.24, 2.45) is 0 Å². The van der Waals surface area contributed by atoms with Crippen molar-refractivity contribution in [2.45, 2.75) is 26.4 Å². The van der Waals surface area contributed by atoms with Gasteiger partial charge in [-0.15, -0.1) is 0 Å². The quantitative estimate of drug-likeness (QED) is 0.879. The van der Waals surface area contributed by atoms with Crippen molar-refractivity contribution in [3.63, 3.8) is 0 Å². The maximum atomic E-state index is 11.9. The molecule has 1 N–H and O–H groups in total. The van der Waals surface area contributed by atoms with Crippen LogP contribution < -0.4 is 5.32 Å². The summed E-state index contributed by atoms with van der Waals surface area (Å²) >= 11 is 3.39. The molecule has 2 aromatic rings. The van der Waals surface area contributed by atoms with Crippen molar-refractivity contribution in [3.05, 3.63) is 41.3 Å². The van der Waals surface area contributed by atoms with Gasteiger partial charge in [0.25, 0.3) is 0 Å². The van der Waals surface area contributed by atoms with Gasteiger partial charge in [-0.05, 0) is 38.5 Å². The van der Waals surface area contributed by atoms with Gasteiger partial charge >= 0.3 is 6.09 Å². The first-order valence-corrected chi connectivity index (χ1v) is 7.20. The van der Waals surface area contributed by atoms with Crippen LogP contribution in [0.3, 0.4) is 0 Å². The molecule has 0 bridgehead atoms. The first-order valence-electron chi connectivity index (χ1n) is 6.41. The molecular formula is C15H16BrN3O2. The van der Waals surface area contributed by atoms with Crippen molar-refractivity contribution in [2.75, 3.05) is 5.32 Å². The Balaban J connectivity index is 2.25. The minimum Gasteiger partial charge on any atom is -0.444 e. The Bertz CT molecular complexity index is 636. The maximum absolute atomic E-state index is 11.9. The van der Waals surface area contributed by atoms with Gasteiger partial charge in [0, 0.05) is 16.2 Å². The number of rotatable bonds is 2. The van der Waals surface area contributed by atoms with Crippen LogP contribution in [0.25, 0.3) is 11.1 Å². The normalized spacial score (nSPS) is 11.0. The monoisotopic (exact) mass is 349 g/mol. The largest absolute Gasteiger partial charge is 0.444 e. The molecule has 21 heavy (non-hydrogen) atoms. The number of benzene rings is 1. The zero-order valence-corrected chi connectivity index (χ0v) is 13.6. The molecule has 0 unspecified atom stereocenters. The van der Waals surface area contributed by atoms with Crippen molar-refractivity contribution in [1.82, 2.24) is 9.97 Å². The van der Waals surface area contributed by atoms with Crippen LogP contribution in [0.5, 0.6) is 0 Å². The Morgan fingerprint density at radius 3 is 2.52 bits per heavy atom. The first kappa shape index (κ1) is 15.4. The highest BCUT2D eigenvalue weighted by atomic mass is 79.9. The lowest BCUT2D eigenvalue weighted by molar-refractivity contribution is 0.0635. The molecule has 110 valence electrons. The lowest BCUT2D eigenvalue weighted by atomic mass is 10.1. The van der Waals surface area contributed by atoms with Crippen molar-refractivity contribution >= 4 is 27.8 Å². The van der Waals surface area contributed by atoms with Crippen LogP contribution in [-0.4, -0.2) is 21.7 Å². The fraction of sp³-hybridized carbons (Fsp3) is 0.267. The molecule has 1 aromatic carbocycles. The van der Waals surface area contributed by atoms with E-state index in [1.165, 1.54) is 6.33 Å². The molecule has 2 rings (SSSR count). The third kappa shape index (κ3) is 4.53. The summed E-state index contributed by atoms with van der Waals surface area (Å²) in [6, 6.07) is 7.67. The summed E-state index contributed by atoms with van der Waals surface area (Å²) < 4.78 is 6.21. The van der Waals surface area contributed by atoms with E-state index < -0.39 is 11.7 Å². The molecule has 0 aliphatic carbocycles.